The van der Waals surface area contributed by atoms with Gasteiger partial charge in [0.05, 0.1) is 6.10 Å². The van der Waals surface area contributed by atoms with E-state index in [4.69, 9.17) is 16.3 Å². The Balaban J connectivity index is 2.61. The second-order valence-electron chi connectivity index (χ2n) is 4.77. The van der Waals surface area contributed by atoms with Crippen molar-refractivity contribution in [2.75, 3.05) is 20.3 Å². The Hall–Kier alpha value is -0.610. The first-order chi connectivity index (χ1) is 9.10. The number of nitrogens with one attached hydrogen (secondary N) is 1. The van der Waals surface area contributed by atoms with Gasteiger partial charge in [0.15, 0.2) is 0 Å². The molecule has 0 aliphatic rings. The Morgan fingerprint density at radius 2 is 2.16 bits per heavy atom. The molecule has 0 heterocycles. The van der Waals surface area contributed by atoms with Crippen molar-refractivity contribution in [1.29, 1.82) is 0 Å². The maximum Gasteiger partial charge on any atom is 0.0942 e. The van der Waals surface area contributed by atoms with Crippen LogP contribution in [-0.2, 0) is 4.74 Å². The van der Waals surface area contributed by atoms with Gasteiger partial charge in [-0.15, -0.1) is 0 Å². The van der Waals surface area contributed by atoms with Crippen LogP contribution in [0.4, 0.5) is 0 Å². The minimum atomic E-state index is -0.511. The lowest BCUT2D eigenvalue weighted by Crippen LogP contribution is -2.35. The number of methoxy groups -OCH3 is 1. The van der Waals surface area contributed by atoms with Crippen LogP contribution in [0.3, 0.4) is 0 Å². The van der Waals surface area contributed by atoms with Crippen LogP contribution in [0.25, 0.3) is 0 Å². The number of ether oxygens (including phenoxy) is 1. The number of halogens is 1. The highest BCUT2D eigenvalue weighted by Gasteiger charge is 2.18. The van der Waals surface area contributed by atoms with Crippen LogP contribution in [0.15, 0.2) is 18.2 Å². The zero-order valence-electron chi connectivity index (χ0n) is 11.9. The lowest BCUT2D eigenvalue weighted by Gasteiger charge is -2.24. The van der Waals surface area contributed by atoms with E-state index in [1.807, 2.05) is 25.1 Å². The third kappa shape index (κ3) is 5.11. The third-order valence-corrected chi connectivity index (χ3v) is 3.70. The SMILES string of the molecule is CCC(NCCCOC)C(O)c1ccc(Cl)c(C)c1. The summed E-state index contributed by atoms with van der Waals surface area (Å²) >= 11 is 6.01. The molecule has 0 spiro atoms. The number of hydrogen-bond donors (Lipinski definition) is 2. The molecule has 0 radical (unpaired) electrons. The summed E-state index contributed by atoms with van der Waals surface area (Å²) in [7, 11) is 1.70. The smallest absolute Gasteiger partial charge is 0.0942 e. The molecule has 0 bridgehead atoms. The molecule has 0 aliphatic carbocycles. The number of aliphatic hydroxyl groups is 1. The molecule has 0 saturated carbocycles. The molecule has 19 heavy (non-hydrogen) atoms. The molecule has 1 rings (SSSR count). The van der Waals surface area contributed by atoms with Gasteiger partial charge in [-0.3, -0.25) is 0 Å². The van der Waals surface area contributed by atoms with Crippen LogP contribution >= 0.6 is 11.6 Å². The van der Waals surface area contributed by atoms with Gasteiger partial charge in [0.25, 0.3) is 0 Å². The summed E-state index contributed by atoms with van der Waals surface area (Å²) in [5.41, 5.74) is 1.90. The number of hydrogen-bond acceptors (Lipinski definition) is 3. The van der Waals surface area contributed by atoms with Crippen molar-refractivity contribution >= 4 is 11.6 Å². The molecule has 4 heteroatoms. The van der Waals surface area contributed by atoms with Crippen molar-refractivity contribution in [1.82, 2.24) is 5.32 Å². The number of benzene rings is 1. The summed E-state index contributed by atoms with van der Waals surface area (Å²) in [5, 5.41) is 14.5. The first-order valence-electron chi connectivity index (χ1n) is 6.76. The van der Waals surface area contributed by atoms with E-state index in [1.54, 1.807) is 7.11 Å². The third-order valence-electron chi connectivity index (χ3n) is 3.28. The second kappa shape index (κ2) is 8.54. The summed E-state index contributed by atoms with van der Waals surface area (Å²) in [6.45, 7) is 5.60. The molecule has 0 aromatic heterocycles. The Bertz CT molecular complexity index is 384. The van der Waals surface area contributed by atoms with E-state index in [0.29, 0.717) is 0 Å². The van der Waals surface area contributed by atoms with Crippen molar-refractivity contribution in [3.63, 3.8) is 0 Å². The topological polar surface area (TPSA) is 41.5 Å². The van der Waals surface area contributed by atoms with Gasteiger partial charge in [0, 0.05) is 24.8 Å². The molecule has 2 atom stereocenters. The summed E-state index contributed by atoms with van der Waals surface area (Å²) < 4.78 is 5.01. The van der Waals surface area contributed by atoms with Crippen LogP contribution in [0.5, 0.6) is 0 Å². The molecule has 108 valence electrons. The van der Waals surface area contributed by atoms with Crippen LogP contribution in [-0.4, -0.2) is 31.4 Å². The van der Waals surface area contributed by atoms with Crippen LogP contribution in [0.2, 0.25) is 5.02 Å². The Labute approximate surface area is 120 Å². The molecule has 0 saturated heterocycles. The van der Waals surface area contributed by atoms with Gasteiger partial charge in [-0.05, 0) is 43.5 Å². The maximum absolute atomic E-state index is 10.4. The molecule has 1 aromatic carbocycles. The van der Waals surface area contributed by atoms with Crippen LogP contribution in [0.1, 0.15) is 37.0 Å². The van der Waals surface area contributed by atoms with E-state index >= 15 is 0 Å². The van der Waals surface area contributed by atoms with E-state index in [0.717, 1.165) is 42.1 Å². The number of aliphatic hydroxyl groups excluding tert-OH is 1. The summed E-state index contributed by atoms with van der Waals surface area (Å²) in [6, 6.07) is 5.73. The molecular weight excluding hydrogens is 262 g/mol. The van der Waals surface area contributed by atoms with Gasteiger partial charge in [0.2, 0.25) is 0 Å². The van der Waals surface area contributed by atoms with Crippen molar-refractivity contribution in [3.8, 4) is 0 Å². The molecule has 0 aliphatic heterocycles. The highest BCUT2D eigenvalue weighted by atomic mass is 35.5. The Morgan fingerprint density at radius 1 is 1.42 bits per heavy atom. The average Bonchev–Trinajstić information content (AvgIpc) is 2.41. The zero-order chi connectivity index (χ0) is 14.3. The monoisotopic (exact) mass is 285 g/mol. The van der Waals surface area contributed by atoms with Crippen LogP contribution in [0, 0.1) is 6.92 Å². The van der Waals surface area contributed by atoms with Gasteiger partial charge in [0.1, 0.15) is 0 Å². The van der Waals surface area contributed by atoms with Gasteiger partial charge in [-0.2, -0.15) is 0 Å². The minimum absolute atomic E-state index is 0.0532. The molecule has 2 N–H and O–H groups in total. The fourth-order valence-electron chi connectivity index (χ4n) is 2.07. The zero-order valence-corrected chi connectivity index (χ0v) is 12.7. The maximum atomic E-state index is 10.4. The second-order valence-corrected chi connectivity index (χ2v) is 5.18. The predicted molar refractivity (Wildman–Crippen MR) is 79.7 cm³/mol. The van der Waals surface area contributed by atoms with Crippen molar-refractivity contribution < 1.29 is 9.84 Å². The average molecular weight is 286 g/mol. The molecule has 0 amide bonds. The lowest BCUT2D eigenvalue weighted by molar-refractivity contribution is 0.123. The van der Waals surface area contributed by atoms with E-state index in [1.165, 1.54) is 0 Å². The summed E-state index contributed by atoms with van der Waals surface area (Å²) in [5.74, 6) is 0. The summed E-state index contributed by atoms with van der Waals surface area (Å²) in [6.07, 6.45) is 1.30. The van der Waals surface area contributed by atoms with Crippen molar-refractivity contribution in [2.24, 2.45) is 0 Å². The molecule has 1 aromatic rings. The predicted octanol–water partition coefficient (Wildman–Crippen LogP) is 3.09. The molecule has 0 fully saturated rings. The van der Waals surface area contributed by atoms with Gasteiger partial charge in [-0.1, -0.05) is 30.7 Å². The van der Waals surface area contributed by atoms with Crippen molar-refractivity contribution in [2.45, 2.75) is 38.8 Å². The van der Waals surface area contributed by atoms with Crippen molar-refractivity contribution in [3.05, 3.63) is 34.3 Å². The largest absolute Gasteiger partial charge is 0.387 e. The van der Waals surface area contributed by atoms with E-state index < -0.39 is 6.10 Å². The fraction of sp³-hybridized carbons (Fsp3) is 0.600. The van der Waals surface area contributed by atoms with Gasteiger partial charge < -0.3 is 15.2 Å². The highest BCUT2D eigenvalue weighted by Crippen LogP contribution is 2.23. The van der Waals surface area contributed by atoms with E-state index in [2.05, 4.69) is 12.2 Å². The number of aryl methyl sites for hydroxylation is 1. The summed E-state index contributed by atoms with van der Waals surface area (Å²) in [4.78, 5) is 0. The Morgan fingerprint density at radius 3 is 2.74 bits per heavy atom. The molecule has 2 unspecified atom stereocenters. The highest BCUT2D eigenvalue weighted by molar-refractivity contribution is 6.31. The Kier molecular flexibility index (Phi) is 7.39. The normalized spacial score (nSPS) is 14.4. The fourth-order valence-corrected chi connectivity index (χ4v) is 2.18. The first-order valence-corrected chi connectivity index (χ1v) is 7.14. The molecular formula is C15H24ClNO2. The number of rotatable bonds is 8. The van der Waals surface area contributed by atoms with Gasteiger partial charge >= 0.3 is 0 Å². The quantitative estimate of drug-likeness (QED) is 0.721. The molecule has 3 nitrogen and oxygen atoms in total. The van der Waals surface area contributed by atoms with Crippen LogP contribution < -0.4 is 5.32 Å². The first kappa shape index (κ1) is 16.4. The lowest BCUT2D eigenvalue weighted by atomic mass is 9.98. The van der Waals surface area contributed by atoms with E-state index in [9.17, 15) is 5.11 Å². The minimum Gasteiger partial charge on any atom is -0.387 e. The van der Waals surface area contributed by atoms with E-state index in [-0.39, 0.29) is 6.04 Å². The standard InChI is InChI=1S/C15H24ClNO2/c1-4-14(17-8-5-9-19-3)15(18)12-6-7-13(16)11(2)10-12/h6-7,10,14-15,17-18H,4-5,8-9H2,1-3H3. The van der Waals surface area contributed by atoms with Gasteiger partial charge in [-0.25, -0.2) is 0 Å².